The summed E-state index contributed by atoms with van der Waals surface area (Å²) in [7, 11) is 0. The second kappa shape index (κ2) is 7.88. The molecule has 170 valence electrons. The number of carbonyl (C=O) groups excluding carboxylic acids is 1. The Morgan fingerprint density at radius 2 is 1.36 bits per heavy atom. The van der Waals surface area contributed by atoms with Crippen molar-refractivity contribution in [2.75, 3.05) is 0 Å². The zero-order valence-electron chi connectivity index (χ0n) is 18.2. The number of halogens is 2. The third-order valence-corrected chi connectivity index (χ3v) is 7.60. The Bertz CT molecular complexity index is 1310. The molecule has 6 nitrogen and oxygen atoms in total. The number of phenolic OH excluding ortho intramolecular Hbond substituents is 2. The monoisotopic (exact) mass is 574 g/mol. The fourth-order valence-electron chi connectivity index (χ4n) is 4.39. The Hall–Kier alpha value is -2.84. The van der Waals surface area contributed by atoms with Gasteiger partial charge in [0.05, 0.1) is 22.3 Å². The number of carboxylic acids is 1. The third kappa shape index (κ3) is 3.19. The Kier molecular flexibility index (Phi) is 5.57. The summed E-state index contributed by atoms with van der Waals surface area (Å²) in [4.78, 5) is 25.4. The van der Waals surface area contributed by atoms with E-state index in [1.165, 1.54) is 18.2 Å². The fourth-order valence-corrected chi connectivity index (χ4v) is 6.01. The van der Waals surface area contributed by atoms with Crippen molar-refractivity contribution >= 4 is 43.8 Å². The van der Waals surface area contributed by atoms with Gasteiger partial charge in [0.1, 0.15) is 11.5 Å². The van der Waals surface area contributed by atoms with Crippen LogP contribution in [0.2, 0.25) is 0 Å². The van der Waals surface area contributed by atoms with Crippen molar-refractivity contribution in [2.45, 2.75) is 33.3 Å². The zero-order chi connectivity index (χ0) is 24.4. The molecule has 3 aromatic rings. The third-order valence-electron chi connectivity index (χ3n) is 6.35. The number of carbonyl (C=O) groups is 2. The molecule has 0 unspecified atom stereocenters. The van der Waals surface area contributed by atoms with Gasteiger partial charge in [0, 0.05) is 14.5 Å². The summed E-state index contributed by atoms with van der Waals surface area (Å²) in [6.45, 7) is 7.06. The molecule has 0 radical (unpaired) electrons. The SMILES string of the molecule is Cc1cc(Br)c(C2(c3c(Br)cc(C)c(C)c3O)OC(=O)c3cccc(C(=O)O)c32)c(O)c1C. The first kappa shape index (κ1) is 23.3. The van der Waals surface area contributed by atoms with Crippen LogP contribution in [0.1, 0.15) is 59.7 Å². The van der Waals surface area contributed by atoms with Crippen molar-refractivity contribution in [3.63, 3.8) is 0 Å². The number of ether oxygens (including phenoxy) is 1. The largest absolute Gasteiger partial charge is 0.507 e. The van der Waals surface area contributed by atoms with E-state index >= 15 is 0 Å². The minimum absolute atomic E-state index is 0.0426. The summed E-state index contributed by atoms with van der Waals surface area (Å²) in [6, 6.07) is 7.82. The Morgan fingerprint density at radius 3 is 1.82 bits per heavy atom. The van der Waals surface area contributed by atoms with Crippen molar-refractivity contribution in [2.24, 2.45) is 0 Å². The quantitative estimate of drug-likeness (QED) is 0.330. The van der Waals surface area contributed by atoms with Gasteiger partial charge in [0.25, 0.3) is 0 Å². The lowest BCUT2D eigenvalue weighted by Gasteiger charge is -2.35. The topological polar surface area (TPSA) is 104 Å². The molecule has 0 spiro atoms. The second-order valence-corrected chi connectivity index (χ2v) is 9.86. The van der Waals surface area contributed by atoms with E-state index in [1.807, 2.05) is 13.8 Å². The van der Waals surface area contributed by atoms with Gasteiger partial charge in [-0.3, -0.25) is 0 Å². The average Bonchev–Trinajstić information content (AvgIpc) is 3.03. The number of carboxylic acid groups (broad SMARTS) is 1. The van der Waals surface area contributed by atoms with Gasteiger partial charge in [-0.05, 0) is 74.2 Å². The lowest BCUT2D eigenvalue weighted by Crippen LogP contribution is -2.33. The molecule has 3 aromatic carbocycles. The number of phenols is 2. The predicted molar refractivity (Wildman–Crippen MR) is 129 cm³/mol. The molecule has 0 amide bonds. The summed E-state index contributed by atoms with van der Waals surface area (Å²) in [6.07, 6.45) is 0. The summed E-state index contributed by atoms with van der Waals surface area (Å²) < 4.78 is 6.81. The first-order valence-electron chi connectivity index (χ1n) is 10.0. The Morgan fingerprint density at radius 1 is 0.879 bits per heavy atom. The van der Waals surface area contributed by atoms with Gasteiger partial charge in [-0.25, -0.2) is 9.59 Å². The molecular formula is C25H20Br2O6. The molecule has 1 aliphatic rings. The van der Waals surface area contributed by atoms with Crippen LogP contribution in [0, 0.1) is 27.7 Å². The lowest BCUT2D eigenvalue weighted by molar-refractivity contribution is 0.0229. The van der Waals surface area contributed by atoms with Crippen molar-refractivity contribution in [3.05, 3.63) is 89.3 Å². The van der Waals surface area contributed by atoms with Crippen molar-refractivity contribution in [3.8, 4) is 11.5 Å². The minimum atomic E-state index is -1.94. The molecule has 3 N–H and O–H groups in total. The number of rotatable bonds is 3. The molecule has 33 heavy (non-hydrogen) atoms. The maximum atomic E-state index is 13.1. The number of aromatic hydroxyl groups is 2. The number of aromatic carboxylic acids is 1. The molecule has 0 saturated carbocycles. The van der Waals surface area contributed by atoms with Crippen LogP contribution in [-0.2, 0) is 10.3 Å². The van der Waals surface area contributed by atoms with Gasteiger partial charge in [-0.1, -0.05) is 37.9 Å². The first-order chi connectivity index (χ1) is 15.4. The van der Waals surface area contributed by atoms with Gasteiger partial charge >= 0.3 is 11.9 Å². The number of hydrogen-bond donors (Lipinski definition) is 3. The molecule has 8 heteroatoms. The molecule has 0 atom stereocenters. The van der Waals surface area contributed by atoms with Crippen LogP contribution >= 0.6 is 31.9 Å². The van der Waals surface area contributed by atoms with E-state index in [-0.39, 0.29) is 39.3 Å². The van der Waals surface area contributed by atoms with Crippen LogP contribution in [-0.4, -0.2) is 27.3 Å². The molecule has 0 bridgehead atoms. The van der Waals surface area contributed by atoms with Gasteiger partial charge in [0.2, 0.25) is 0 Å². The summed E-state index contributed by atoms with van der Waals surface area (Å²) in [5, 5.41) is 32.7. The van der Waals surface area contributed by atoms with E-state index in [9.17, 15) is 24.9 Å². The van der Waals surface area contributed by atoms with Gasteiger partial charge in [-0.15, -0.1) is 0 Å². The van der Waals surface area contributed by atoms with Crippen LogP contribution in [0.5, 0.6) is 11.5 Å². The number of esters is 1. The molecular weight excluding hydrogens is 556 g/mol. The van der Waals surface area contributed by atoms with Crippen LogP contribution in [0.15, 0.2) is 39.3 Å². The van der Waals surface area contributed by atoms with Gasteiger partial charge in [-0.2, -0.15) is 0 Å². The van der Waals surface area contributed by atoms with Crippen LogP contribution in [0.3, 0.4) is 0 Å². The average molecular weight is 576 g/mol. The van der Waals surface area contributed by atoms with Crippen molar-refractivity contribution in [1.29, 1.82) is 0 Å². The highest BCUT2D eigenvalue weighted by Gasteiger charge is 2.55. The van der Waals surface area contributed by atoms with E-state index in [0.29, 0.717) is 20.1 Å². The number of cyclic esters (lactones) is 1. The van der Waals surface area contributed by atoms with E-state index in [2.05, 4.69) is 31.9 Å². The Balaban J connectivity index is 2.32. The van der Waals surface area contributed by atoms with E-state index in [4.69, 9.17) is 4.74 Å². The van der Waals surface area contributed by atoms with Gasteiger partial charge in [0.15, 0.2) is 5.60 Å². The fraction of sp³-hybridized carbons (Fsp3) is 0.200. The van der Waals surface area contributed by atoms with Gasteiger partial charge < -0.3 is 20.1 Å². The maximum absolute atomic E-state index is 13.1. The van der Waals surface area contributed by atoms with Crippen LogP contribution < -0.4 is 0 Å². The highest BCUT2D eigenvalue weighted by Crippen LogP contribution is 2.58. The van der Waals surface area contributed by atoms with Crippen LogP contribution in [0.25, 0.3) is 0 Å². The van der Waals surface area contributed by atoms with Crippen molar-refractivity contribution < 1.29 is 29.6 Å². The van der Waals surface area contributed by atoms with E-state index in [0.717, 1.165) is 11.1 Å². The molecule has 0 aromatic heterocycles. The smallest absolute Gasteiger partial charge is 0.340 e. The highest BCUT2D eigenvalue weighted by molar-refractivity contribution is 9.10. The molecule has 0 aliphatic carbocycles. The first-order valence-corrected chi connectivity index (χ1v) is 11.6. The van der Waals surface area contributed by atoms with E-state index < -0.39 is 17.5 Å². The number of aryl methyl sites for hydroxylation is 2. The number of benzene rings is 3. The Labute approximate surface area is 207 Å². The molecule has 1 heterocycles. The standard InChI is InChI=1S/C25H20Br2O6/c1-10-8-16(26)19(21(28)12(10)3)25(20-17(27)9-11(2)13(4)22(20)29)18-14(23(30)31)6-5-7-15(18)24(32)33-25/h5-9,28-29H,1-4H3,(H,30,31). The maximum Gasteiger partial charge on any atom is 0.340 e. The van der Waals surface area contributed by atoms with Crippen molar-refractivity contribution in [1.82, 2.24) is 0 Å². The summed E-state index contributed by atoms with van der Waals surface area (Å²) >= 11 is 6.99. The number of hydrogen-bond acceptors (Lipinski definition) is 5. The number of fused-ring (bicyclic) bond motifs is 1. The summed E-state index contributed by atoms with van der Waals surface area (Å²) in [5.41, 5.74) is 0.849. The second-order valence-electron chi connectivity index (χ2n) is 8.15. The zero-order valence-corrected chi connectivity index (χ0v) is 21.4. The predicted octanol–water partition coefficient (Wildman–Crippen LogP) is 6.02. The lowest BCUT2D eigenvalue weighted by atomic mass is 9.75. The molecule has 1 aliphatic heterocycles. The minimum Gasteiger partial charge on any atom is -0.507 e. The van der Waals surface area contributed by atoms with E-state index in [1.54, 1.807) is 26.0 Å². The van der Waals surface area contributed by atoms with Crippen LogP contribution in [0.4, 0.5) is 0 Å². The highest BCUT2D eigenvalue weighted by atomic mass is 79.9. The molecule has 0 saturated heterocycles. The molecule has 0 fully saturated rings. The normalized spacial score (nSPS) is 14.2. The molecule has 4 rings (SSSR count). The summed E-state index contributed by atoms with van der Waals surface area (Å²) in [5.74, 6) is -2.38.